The van der Waals surface area contributed by atoms with Crippen LogP contribution in [0.2, 0.25) is 0 Å². The smallest absolute Gasteiger partial charge is 0.191 e. The topological polar surface area (TPSA) is 70.4 Å². The quantitative estimate of drug-likeness (QED) is 0.361. The Morgan fingerprint density at radius 2 is 2.26 bits per heavy atom. The number of anilines is 1. The third-order valence-electron chi connectivity index (χ3n) is 4.43. The first-order valence-corrected chi connectivity index (χ1v) is 10.2. The summed E-state index contributed by atoms with van der Waals surface area (Å²) in [5.41, 5.74) is 1.19. The zero-order chi connectivity index (χ0) is 18.4. The summed E-state index contributed by atoms with van der Waals surface area (Å²) in [6, 6.07) is 0.392. The molecule has 0 radical (unpaired) electrons. The van der Waals surface area contributed by atoms with Crippen LogP contribution in [0.5, 0.6) is 0 Å². The Kier molecular flexibility index (Phi) is 8.81. The Morgan fingerprint density at radius 1 is 1.41 bits per heavy atom. The van der Waals surface area contributed by atoms with E-state index in [2.05, 4.69) is 45.7 Å². The van der Waals surface area contributed by atoms with Crippen LogP contribution in [-0.4, -0.2) is 52.9 Å². The normalized spacial score (nSPS) is 17.5. The molecule has 2 N–H and O–H groups in total. The highest BCUT2D eigenvalue weighted by Gasteiger charge is 2.21. The van der Waals surface area contributed by atoms with Crippen LogP contribution in [0.25, 0.3) is 0 Å². The summed E-state index contributed by atoms with van der Waals surface area (Å²) in [7, 11) is 1.96. The van der Waals surface area contributed by atoms with Crippen molar-refractivity contribution in [3.63, 3.8) is 0 Å². The van der Waals surface area contributed by atoms with E-state index < -0.39 is 0 Å². The minimum absolute atomic E-state index is 0. The monoisotopic (exact) mass is 503 g/mol. The van der Waals surface area contributed by atoms with Gasteiger partial charge in [0.15, 0.2) is 5.96 Å². The third-order valence-corrected chi connectivity index (χ3v) is 5.40. The number of nitrogens with one attached hydrogen (secondary N) is 2. The molecule has 0 amide bonds. The van der Waals surface area contributed by atoms with Gasteiger partial charge >= 0.3 is 0 Å². The average Bonchev–Trinajstić information content (AvgIpc) is 3.24. The molecular weight excluding hydrogens is 473 g/mol. The van der Waals surface area contributed by atoms with Crippen molar-refractivity contribution in [1.82, 2.24) is 25.4 Å². The second-order valence-corrected chi connectivity index (χ2v) is 8.00. The maximum atomic E-state index is 4.74. The van der Waals surface area contributed by atoms with E-state index in [9.17, 15) is 0 Å². The number of piperidine rings is 1. The maximum absolute atomic E-state index is 4.74. The van der Waals surface area contributed by atoms with Crippen LogP contribution in [0.3, 0.4) is 0 Å². The molecule has 0 bridgehead atoms. The van der Waals surface area contributed by atoms with E-state index in [1.807, 2.05) is 24.1 Å². The second kappa shape index (κ2) is 10.8. The molecule has 0 aromatic carbocycles. The van der Waals surface area contributed by atoms with E-state index in [0.717, 1.165) is 50.0 Å². The molecule has 2 aromatic heterocycles. The molecule has 1 saturated heterocycles. The van der Waals surface area contributed by atoms with Crippen molar-refractivity contribution in [2.75, 3.05) is 31.1 Å². The van der Waals surface area contributed by atoms with E-state index in [0.29, 0.717) is 6.04 Å². The highest BCUT2D eigenvalue weighted by molar-refractivity contribution is 14.0. The number of aryl methyl sites for hydroxylation is 2. The average molecular weight is 503 g/mol. The lowest BCUT2D eigenvalue weighted by Crippen LogP contribution is -2.51. The highest BCUT2D eigenvalue weighted by atomic mass is 127. The molecule has 1 aliphatic heterocycles. The molecule has 2 aromatic rings. The minimum Gasteiger partial charge on any atom is -0.367 e. The van der Waals surface area contributed by atoms with Crippen LogP contribution in [0.1, 0.15) is 29.7 Å². The van der Waals surface area contributed by atoms with Crippen molar-refractivity contribution in [1.29, 1.82) is 0 Å². The van der Waals surface area contributed by atoms with E-state index in [-0.39, 0.29) is 24.0 Å². The Bertz CT molecular complexity index is 727. The number of thiazole rings is 1. The van der Waals surface area contributed by atoms with Gasteiger partial charge in [0.2, 0.25) is 0 Å². The number of nitrogens with zero attached hydrogens (tertiary/aromatic N) is 5. The van der Waals surface area contributed by atoms with Crippen LogP contribution in [0, 0.1) is 6.92 Å². The zero-order valence-electron chi connectivity index (χ0n) is 16.3. The fraction of sp³-hybridized carbons (Fsp3) is 0.611. The number of hydrogen-bond acceptors (Lipinski definition) is 5. The molecule has 3 rings (SSSR count). The lowest BCUT2D eigenvalue weighted by Gasteiger charge is -2.34. The summed E-state index contributed by atoms with van der Waals surface area (Å²) >= 11 is 1.75. The van der Waals surface area contributed by atoms with Gasteiger partial charge in [0.25, 0.3) is 0 Å². The van der Waals surface area contributed by atoms with Crippen LogP contribution >= 0.6 is 35.3 Å². The first-order chi connectivity index (χ1) is 12.6. The Hall–Kier alpha value is -1.36. The van der Waals surface area contributed by atoms with Gasteiger partial charge in [-0.25, -0.2) is 4.98 Å². The van der Waals surface area contributed by atoms with Gasteiger partial charge in [0, 0.05) is 63.0 Å². The number of aromatic nitrogens is 3. The molecule has 150 valence electrons. The molecule has 7 nitrogen and oxygen atoms in total. The Labute approximate surface area is 182 Å². The number of guanidine groups is 1. The Balaban J connectivity index is 0.00000261. The molecule has 1 unspecified atom stereocenters. The first kappa shape index (κ1) is 21.9. The minimum atomic E-state index is 0. The molecule has 1 aliphatic rings. The van der Waals surface area contributed by atoms with Crippen LogP contribution in [0.15, 0.2) is 23.6 Å². The predicted octanol–water partition coefficient (Wildman–Crippen LogP) is 2.57. The standard InChI is InChI=1S/C18H29N7S.HI/c1-4-19-18(20-8-7-17-21-10-14(2)26-17)23-15-6-5-9-25(12-15)16-11-22-24(3)13-16;/h10-11,13,15H,4-9,12H2,1-3H3,(H2,19,20,23);1H. The van der Waals surface area contributed by atoms with Gasteiger partial charge in [-0.2, -0.15) is 5.10 Å². The second-order valence-electron chi connectivity index (χ2n) is 6.68. The zero-order valence-corrected chi connectivity index (χ0v) is 19.5. The molecule has 0 spiro atoms. The molecule has 27 heavy (non-hydrogen) atoms. The third kappa shape index (κ3) is 6.63. The van der Waals surface area contributed by atoms with Crippen LogP contribution in [-0.2, 0) is 13.5 Å². The van der Waals surface area contributed by atoms with Crippen molar-refractivity contribution in [3.05, 3.63) is 28.5 Å². The number of aliphatic imine (C=N–C) groups is 1. The summed E-state index contributed by atoms with van der Waals surface area (Å²) in [6.07, 6.45) is 9.18. The van der Waals surface area contributed by atoms with Crippen LogP contribution < -0.4 is 15.5 Å². The lowest BCUT2D eigenvalue weighted by molar-refractivity contribution is 0.468. The summed E-state index contributed by atoms with van der Waals surface area (Å²) < 4.78 is 1.86. The summed E-state index contributed by atoms with van der Waals surface area (Å²) in [5.74, 6) is 0.902. The molecule has 0 saturated carbocycles. The van der Waals surface area contributed by atoms with Gasteiger partial charge in [-0.15, -0.1) is 35.3 Å². The van der Waals surface area contributed by atoms with Crippen molar-refractivity contribution < 1.29 is 0 Å². The van der Waals surface area contributed by atoms with Gasteiger partial charge in [0.05, 0.1) is 16.9 Å². The van der Waals surface area contributed by atoms with E-state index in [1.165, 1.54) is 17.0 Å². The highest BCUT2D eigenvalue weighted by Crippen LogP contribution is 2.19. The lowest BCUT2D eigenvalue weighted by atomic mass is 10.1. The molecule has 0 aliphatic carbocycles. The summed E-state index contributed by atoms with van der Waals surface area (Å²) in [5, 5.41) is 12.4. The van der Waals surface area contributed by atoms with Crippen molar-refractivity contribution in [2.24, 2.45) is 12.0 Å². The molecular formula is C18H30IN7S. The molecule has 3 heterocycles. The van der Waals surface area contributed by atoms with Gasteiger partial charge in [0.1, 0.15) is 0 Å². The fourth-order valence-electron chi connectivity index (χ4n) is 3.19. The Morgan fingerprint density at radius 3 is 2.93 bits per heavy atom. The molecule has 1 atom stereocenters. The van der Waals surface area contributed by atoms with E-state index >= 15 is 0 Å². The first-order valence-electron chi connectivity index (χ1n) is 9.33. The number of hydrogen-bond donors (Lipinski definition) is 2. The summed E-state index contributed by atoms with van der Waals surface area (Å²) in [4.78, 5) is 12.8. The van der Waals surface area contributed by atoms with Crippen molar-refractivity contribution in [2.45, 2.75) is 39.2 Å². The van der Waals surface area contributed by atoms with Gasteiger partial charge in [-0.3, -0.25) is 9.67 Å². The molecule has 9 heteroatoms. The molecule has 1 fully saturated rings. The van der Waals surface area contributed by atoms with E-state index in [1.54, 1.807) is 11.3 Å². The summed E-state index contributed by atoms with van der Waals surface area (Å²) in [6.45, 7) is 7.86. The van der Waals surface area contributed by atoms with Crippen molar-refractivity contribution in [3.8, 4) is 0 Å². The van der Waals surface area contributed by atoms with Crippen LogP contribution in [0.4, 0.5) is 5.69 Å². The van der Waals surface area contributed by atoms with Gasteiger partial charge in [-0.05, 0) is 26.7 Å². The largest absolute Gasteiger partial charge is 0.367 e. The SMILES string of the molecule is CCNC(=NCCc1ncc(C)s1)NC1CCCN(c2cnn(C)c2)C1.I. The number of halogens is 1. The number of rotatable bonds is 6. The maximum Gasteiger partial charge on any atom is 0.191 e. The van der Waals surface area contributed by atoms with E-state index in [4.69, 9.17) is 4.99 Å². The van der Waals surface area contributed by atoms with Gasteiger partial charge < -0.3 is 15.5 Å². The van der Waals surface area contributed by atoms with Gasteiger partial charge in [-0.1, -0.05) is 0 Å². The predicted molar refractivity (Wildman–Crippen MR) is 124 cm³/mol. The fourth-order valence-corrected chi connectivity index (χ4v) is 3.97. The van der Waals surface area contributed by atoms with Crippen molar-refractivity contribution >= 4 is 47.0 Å².